The number of hydrogen-bond acceptors (Lipinski definition) is 3. The van der Waals surface area contributed by atoms with Gasteiger partial charge in [-0.1, -0.05) is 61.2 Å². The third-order valence-electron chi connectivity index (χ3n) is 6.09. The summed E-state index contributed by atoms with van der Waals surface area (Å²) in [7, 11) is 0. The second-order valence-electron chi connectivity index (χ2n) is 8.54. The van der Waals surface area contributed by atoms with Gasteiger partial charge in [-0.3, -0.25) is 9.59 Å². The fourth-order valence-electron chi connectivity index (χ4n) is 4.07. The third-order valence-corrected chi connectivity index (χ3v) is 6.52. The lowest BCUT2D eigenvalue weighted by atomic mass is 9.95. The molecule has 0 bridgehead atoms. The van der Waals surface area contributed by atoms with Crippen molar-refractivity contribution in [1.82, 2.24) is 10.2 Å². The van der Waals surface area contributed by atoms with E-state index in [4.69, 9.17) is 16.3 Å². The molecular weight excluding hydrogens is 424 g/mol. The minimum atomic E-state index is -0.566. The summed E-state index contributed by atoms with van der Waals surface area (Å²) in [4.78, 5) is 27.7. The van der Waals surface area contributed by atoms with E-state index in [1.807, 2.05) is 43.3 Å². The van der Waals surface area contributed by atoms with Crippen LogP contribution >= 0.6 is 11.6 Å². The van der Waals surface area contributed by atoms with Gasteiger partial charge >= 0.3 is 0 Å². The van der Waals surface area contributed by atoms with Crippen molar-refractivity contribution < 1.29 is 14.3 Å². The van der Waals surface area contributed by atoms with Crippen molar-refractivity contribution in [2.45, 2.75) is 64.5 Å². The summed E-state index contributed by atoms with van der Waals surface area (Å²) in [6, 6.07) is 14.9. The Hall–Kier alpha value is -2.53. The largest absolute Gasteiger partial charge is 0.484 e. The fraction of sp³-hybridized carbons (Fsp3) is 0.462. The summed E-state index contributed by atoms with van der Waals surface area (Å²) in [6.45, 7) is 4.01. The van der Waals surface area contributed by atoms with Gasteiger partial charge in [0.2, 0.25) is 5.91 Å². The van der Waals surface area contributed by atoms with Gasteiger partial charge in [0.15, 0.2) is 6.61 Å². The van der Waals surface area contributed by atoms with Gasteiger partial charge in [-0.25, -0.2) is 0 Å². The molecule has 0 unspecified atom stereocenters. The molecule has 1 aliphatic rings. The van der Waals surface area contributed by atoms with Crippen molar-refractivity contribution in [2.24, 2.45) is 0 Å². The molecule has 0 heterocycles. The van der Waals surface area contributed by atoms with Gasteiger partial charge in [0.1, 0.15) is 11.8 Å². The highest BCUT2D eigenvalue weighted by Crippen LogP contribution is 2.21. The summed E-state index contributed by atoms with van der Waals surface area (Å²) >= 11 is 6.07. The van der Waals surface area contributed by atoms with Crippen molar-refractivity contribution in [2.75, 3.05) is 13.2 Å². The Labute approximate surface area is 196 Å². The standard InChI is InChI=1S/C26H33ClN2O3/c1-19-17-23(13-14-24(19)27)32-18-25(30)29(16-15-21-9-5-3-6-10-21)20(2)26(31)28-22-11-7-4-8-12-22/h3,5-6,9-10,13-14,17,20,22H,4,7-8,11-12,15-16,18H2,1-2H3,(H,28,31)/t20-/m1/s1. The molecule has 1 aliphatic carbocycles. The zero-order valence-electron chi connectivity index (χ0n) is 19.0. The smallest absolute Gasteiger partial charge is 0.261 e. The average molecular weight is 457 g/mol. The van der Waals surface area contributed by atoms with Crippen molar-refractivity contribution in [1.29, 1.82) is 0 Å². The van der Waals surface area contributed by atoms with Crippen LogP contribution in [-0.2, 0) is 16.0 Å². The molecule has 172 valence electrons. The van der Waals surface area contributed by atoms with E-state index in [1.165, 1.54) is 6.42 Å². The fourth-order valence-corrected chi connectivity index (χ4v) is 4.19. The molecular formula is C26H33ClN2O3. The highest BCUT2D eigenvalue weighted by Gasteiger charge is 2.28. The molecule has 3 rings (SSSR count). The number of amides is 2. The van der Waals surface area contributed by atoms with Crippen LogP contribution in [0.25, 0.3) is 0 Å². The van der Waals surface area contributed by atoms with Gasteiger partial charge in [0, 0.05) is 17.6 Å². The van der Waals surface area contributed by atoms with Crippen molar-refractivity contribution in [3.05, 3.63) is 64.7 Å². The Bertz CT molecular complexity index is 897. The minimum absolute atomic E-state index is 0.0966. The first-order chi connectivity index (χ1) is 15.4. The van der Waals surface area contributed by atoms with Gasteiger partial charge in [-0.15, -0.1) is 0 Å². The summed E-state index contributed by atoms with van der Waals surface area (Å²) in [5, 5.41) is 3.81. The molecule has 2 aromatic carbocycles. The van der Waals surface area contributed by atoms with Crippen LogP contribution in [0.5, 0.6) is 5.75 Å². The molecule has 1 saturated carbocycles. The zero-order chi connectivity index (χ0) is 22.9. The first-order valence-electron chi connectivity index (χ1n) is 11.5. The highest BCUT2D eigenvalue weighted by atomic mass is 35.5. The summed E-state index contributed by atoms with van der Waals surface area (Å²) in [5.41, 5.74) is 2.01. The number of rotatable bonds is 9. The van der Waals surface area contributed by atoms with Crippen LogP contribution in [0.1, 0.15) is 50.2 Å². The molecule has 6 heteroatoms. The third kappa shape index (κ3) is 6.99. The van der Waals surface area contributed by atoms with Gasteiger partial charge in [-0.05, 0) is 62.4 Å². The zero-order valence-corrected chi connectivity index (χ0v) is 19.7. The molecule has 0 radical (unpaired) electrons. The summed E-state index contributed by atoms with van der Waals surface area (Å²) < 4.78 is 5.73. The molecule has 1 N–H and O–H groups in total. The summed E-state index contributed by atoms with van der Waals surface area (Å²) in [6.07, 6.45) is 6.21. The summed E-state index contributed by atoms with van der Waals surface area (Å²) in [5.74, 6) is 0.281. The van der Waals surface area contributed by atoms with Crippen molar-refractivity contribution in [3.8, 4) is 5.75 Å². The van der Waals surface area contributed by atoms with Crippen LogP contribution in [0, 0.1) is 6.92 Å². The van der Waals surface area contributed by atoms with Crippen LogP contribution in [0.2, 0.25) is 5.02 Å². The predicted octanol–water partition coefficient (Wildman–Crippen LogP) is 4.94. The second-order valence-corrected chi connectivity index (χ2v) is 8.95. The van der Waals surface area contributed by atoms with Crippen LogP contribution in [0.15, 0.2) is 48.5 Å². The predicted molar refractivity (Wildman–Crippen MR) is 128 cm³/mol. The SMILES string of the molecule is Cc1cc(OCC(=O)N(CCc2ccccc2)[C@H](C)C(=O)NC2CCCCC2)ccc1Cl. The minimum Gasteiger partial charge on any atom is -0.484 e. The molecule has 0 aliphatic heterocycles. The van der Waals surface area contributed by atoms with E-state index in [-0.39, 0.29) is 24.5 Å². The first kappa shape index (κ1) is 24.1. The molecule has 5 nitrogen and oxygen atoms in total. The van der Waals surface area contributed by atoms with Crippen LogP contribution in [0.4, 0.5) is 0 Å². The number of hydrogen-bond donors (Lipinski definition) is 1. The number of benzene rings is 2. The normalized spacial score (nSPS) is 15.1. The number of nitrogens with zero attached hydrogens (tertiary/aromatic N) is 1. The van der Waals surface area contributed by atoms with E-state index >= 15 is 0 Å². The molecule has 0 spiro atoms. The number of nitrogens with one attached hydrogen (secondary N) is 1. The molecule has 2 aromatic rings. The van der Waals surface area contributed by atoms with E-state index in [2.05, 4.69) is 5.32 Å². The van der Waals surface area contributed by atoms with Crippen LogP contribution in [-0.4, -0.2) is 41.9 Å². The molecule has 1 atom stereocenters. The lowest BCUT2D eigenvalue weighted by Gasteiger charge is -2.31. The van der Waals surface area contributed by atoms with Crippen molar-refractivity contribution >= 4 is 23.4 Å². The topological polar surface area (TPSA) is 58.6 Å². The van der Waals surface area contributed by atoms with Gasteiger partial charge in [0.05, 0.1) is 0 Å². The lowest BCUT2D eigenvalue weighted by molar-refractivity contribution is -0.141. The Morgan fingerprint density at radius 2 is 1.84 bits per heavy atom. The molecule has 1 fully saturated rings. The van der Waals surface area contributed by atoms with Gasteiger partial charge < -0.3 is 15.0 Å². The number of aryl methyl sites for hydroxylation is 1. The van der Waals surface area contributed by atoms with Gasteiger partial charge in [-0.2, -0.15) is 0 Å². The number of halogens is 1. The molecule has 32 heavy (non-hydrogen) atoms. The maximum absolute atomic E-state index is 13.1. The second kappa shape index (κ2) is 11.9. The number of ether oxygens (including phenoxy) is 1. The monoisotopic (exact) mass is 456 g/mol. The van der Waals surface area contributed by atoms with E-state index in [1.54, 1.807) is 24.0 Å². The molecule has 0 saturated heterocycles. The first-order valence-corrected chi connectivity index (χ1v) is 11.8. The van der Waals surface area contributed by atoms with E-state index in [0.717, 1.165) is 36.8 Å². The van der Waals surface area contributed by atoms with Gasteiger partial charge in [0.25, 0.3) is 5.91 Å². The van der Waals surface area contributed by atoms with E-state index in [9.17, 15) is 9.59 Å². The quantitative estimate of drug-likeness (QED) is 0.581. The van der Waals surface area contributed by atoms with Crippen molar-refractivity contribution in [3.63, 3.8) is 0 Å². The van der Waals surface area contributed by atoms with Crippen LogP contribution < -0.4 is 10.1 Å². The maximum Gasteiger partial charge on any atom is 0.261 e. The Kier molecular flexibility index (Phi) is 8.98. The maximum atomic E-state index is 13.1. The molecule has 0 aromatic heterocycles. The lowest BCUT2D eigenvalue weighted by Crippen LogP contribution is -2.52. The van der Waals surface area contributed by atoms with Crippen LogP contribution in [0.3, 0.4) is 0 Å². The number of carbonyl (C=O) groups excluding carboxylic acids is 2. The Balaban J connectivity index is 1.65. The average Bonchev–Trinajstić information content (AvgIpc) is 2.81. The Morgan fingerprint density at radius 3 is 2.53 bits per heavy atom. The Morgan fingerprint density at radius 1 is 1.12 bits per heavy atom. The highest BCUT2D eigenvalue weighted by molar-refractivity contribution is 6.31. The number of carbonyl (C=O) groups is 2. The van der Waals surface area contributed by atoms with E-state index in [0.29, 0.717) is 23.7 Å². The van der Waals surface area contributed by atoms with E-state index < -0.39 is 6.04 Å². The molecule has 2 amide bonds.